The van der Waals surface area contributed by atoms with Gasteiger partial charge in [-0.2, -0.15) is 0 Å². The van der Waals surface area contributed by atoms with Crippen molar-refractivity contribution in [3.63, 3.8) is 0 Å². The predicted octanol–water partition coefficient (Wildman–Crippen LogP) is 1.13. The maximum Gasteiger partial charge on any atom is 0.147 e. The summed E-state index contributed by atoms with van der Waals surface area (Å²) in [6.07, 6.45) is 2.65. The molecule has 106 valence electrons. The largest absolute Gasteiger partial charge is 0.353 e. The van der Waals surface area contributed by atoms with Gasteiger partial charge < -0.3 is 24.3 Å². The lowest BCUT2D eigenvalue weighted by atomic mass is 9.99. The molecule has 5 nitrogen and oxygen atoms in total. The van der Waals surface area contributed by atoms with Crippen LogP contribution >= 0.6 is 0 Å². The van der Waals surface area contributed by atoms with Crippen LogP contribution in [0.3, 0.4) is 0 Å². The molecule has 1 N–H and O–H groups in total. The number of hydrogen-bond acceptors (Lipinski definition) is 5. The Bertz CT molecular complexity index is 225. The van der Waals surface area contributed by atoms with Crippen molar-refractivity contribution in [1.82, 2.24) is 5.32 Å². The van der Waals surface area contributed by atoms with Crippen molar-refractivity contribution in [2.45, 2.75) is 44.9 Å². The fourth-order valence-corrected chi connectivity index (χ4v) is 2.29. The molecule has 0 spiro atoms. The quantitative estimate of drug-likeness (QED) is 0.742. The number of nitrogens with one attached hydrogen (secondary N) is 1. The third kappa shape index (κ3) is 4.48. The zero-order valence-corrected chi connectivity index (χ0v) is 11.4. The first-order valence-corrected chi connectivity index (χ1v) is 6.87. The first-order chi connectivity index (χ1) is 8.75. The molecule has 2 rings (SSSR count). The molecule has 0 aliphatic carbocycles. The van der Waals surface area contributed by atoms with Gasteiger partial charge in [-0.05, 0) is 18.8 Å². The molecule has 0 saturated carbocycles. The summed E-state index contributed by atoms with van der Waals surface area (Å²) in [6, 6.07) is 0.346. The highest BCUT2D eigenvalue weighted by Crippen LogP contribution is 2.16. The van der Waals surface area contributed by atoms with Crippen LogP contribution in [0.1, 0.15) is 26.7 Å². The van der Waals surface area contributed by atoms with Crippen LogP contribution in [0, 0.1) is 5.92 Å². The summed E-state index contributed by atoms with van der Waals surface area (Å²) in [6.45, 7) is 7.54. The third-order valence-electron chi connectivity index (χ3n) is 3.45. The summed E-state index contributed by atoms with van der Waals surface area (Å²) < 4.78 is 21.5. The normalized spacial score (nSPS) is 30.2. The maximum atomic E-state index is 5.61. The first-order valence-electron chi connectivity index (χ1n) is 6.87. The second-order valence-electron chi connectivity index (χ2n) is 5.46. The minimum absolute atomic E-state index is 0.172. The van der Waals surface area contributed by atoms with Crippen LogP contribution in [-0.4, -0.2) is 51.6 Å². The minimum Gasteiger partial charge on any atom is -0.353 e. The summed E-state index contributed by atoms with van der Waals surface area (Å²) in [5.41, 5.74) is 0. The van der Waals surface area contributed by atoms with Gasteiger partial charge in [0, 0.05) is 12.6 Å². The first kappa shape index (κ1) is 14.2. The van der Waals surface area contributed by atoms with Crippen molar-refractivity contribution in [3.8, 4) is 0 Å². The Labute approximate surface area is 109 Å². The fraction of sp³-hybridized carbons (Fsp3) is 1.00. The van der Waals surface area contributed by atoms with Crippen LogP contribution in [0.2, 0.25) is 0 Å². The van der Waals surface area contributed by atoms with E-state index in [0.717, 1.165) is 13.0 Å². The van der Waals surface area contributed by atoms with Gasteiger partial charge in [-0.15, -0.1) is 0 Å². The molecule has 5 heteroatoms. The van der Waals surface area contributed by atoms with Crippen molar-refractivity contribution >= 4 is 0 Å². The van der Waals surface area contributed by atoms with Crippen LogP contribution in [0.25, 0.3) is 0 Å². The van der Waals surface area contributed by atoms with Crippen molar-refractivity contribution in [1.29, 1.82) is 0 Å². The van der Waals surface area contributed by atoms with Gasteiger partial charge >= 0.3 is 0 Å². The van der Waals surface area contributed by atoms with Crippen molar-refractivity contribution < 1.29 is 18.9 Å². The molecule has 0 aromatic heterocycles. The topological polar surface area (TPSA) is 49.0 Å². The van der Waals surface area contributed by atoms with E-state index < -0.39 is 0 Å². The number of ether oxygens (including phenoxy) is 4. The Morgan fingerprint density at radius 1 is 1.06 bits per heavy atom. The average Bonchev–Trinajstić information content (AvgIpc) is 3.01. The van der Waals surface area contributed by atoms with Crippen LogP contribution in [0.15, 0.2) is 0 Å². The van der Waals surface area contributed by atoms with E-state index in [1.165, 1.54) is 6.42 Å². The van der Waals surface area contributed by atoms with Crippen LogP contribution < -0.4 is 5.32 Å². The summed E-state index contributed by atoms with van der Waals surface area (Å²) in [5.74, 6) is 0.711. The van der Waals surface area contributed by atoms with Gasteiger partial charge in [0.05, 0.1) is 25.4 Å². The Morgan fingerprint density at radius 3 is 2.44 bits per heavy atom. The van der Waals surface area contributed by atoms with E-state index in [-0.39, 0.29) is 12.2 Å². The molecule has 2 aliphatic rings. The Kier molecular flexibility index (Phi) is 5.85. The highest BCUT2D eigenvalue weighted by Gasteiger charge is 2.27. The zero-order valence-electron chi connectivity index (χ0n) is 11.4. The van der Waals surface area contributed by atoms with Crippen LogP contribution in [0.4, 0.5) is 0 Å². The molecule has 0 bridgehead atoms. The molecule has 2 fully saturated rings. The van der Waals surface area contributed by atoms with E-state index in [2.05, 4.69) is 19.2 Å². The van der Waals surface area contributed by atoms with E-state index in [1.54, 1.807) is 0 Å². The number of hydrogen-bond donors (Lipinski definition) is 1. The van der Waals surface area contributed by atoms with Gasteiger partial charge in [-0.25, -0.2) is 0 Å². The average molecular weight is 259 g/mol. The molecule has 0 radical (unpaired) electrons. The molecule has 3 unspecified atom stereocenters. The van der Waals surface area contributed by atoms with E-state index in [4.69, 9.17) is 18.9 Å². The molecule has 0 aromatic rings. The highest BCUT2D eigenvalue weighted by atomic mass is 16.7. The highest BCUT2D eigenvalue weighted by molar-refractivity contribution is 4.81. The zero-order chi connectivity index (χ0) is 12.8. The monoisotopic (exact) mass is 259 g/mol. The Balaban J connectivity index is 1.74. The summed E-state index contributed by atoms with van der Waals surface area (Å²) >= 11 is 0. The lowest BCUT2D eigenvalue weighted by Gasteiger charge is -2.25. The maximum absolute atomic E-state index is 5.61. The van der Waals surface area contributed by atoms with E-state index >= 15 is 0 Å². The van der Waals surface area contributed by atoms with Gasteiger partial charge in [0.2, 0.25) is 0 Å². The standard InChI is InChI=1S/C13H25NO4/c1-10(2)3-4-12(13-7-16-9-18-13)14-5-11-6-15-8-17-11/h10-14H,3-9H2,1-2H3. The molecule has 18 heavy (non-hydrogen) atoms. The molecule has 0 amide bonds. The molecular formula is C13H25NO4. The second-order valence-corrected chi connectivity index (χ2v) is 5.46. The van der Waals surface area contributed by atoms with Crippen molar-refractivity contribution in [2.75, 3.05) is 33.3 Å². The lowest BCUT2D eigenvalue weighted by molar-refractivity contribution is 0.0274. The van der Waals surface area contributed by atoms with Gasteiger partial charge in [0.15, 0.2) is 0 Å². The van der Waals surface area contributed by atoms with E-state index in [0.29, 0.717) is 38.8 Å². The lowest BCUT2D eigenvalue weighted by Crippen LogP contribution is -2.45. The van der Waals surface area contributed by atoms with Gasteiger partial charge in [-0.1, -0.05) is 13.8 Å². The smallest absolute Gasteiger partial charge is 0.147 e. The third-order valence-corrected chi connectivity index (χ3v) is 3.45. The summed E-state index contributed by atoms with van der Waals surface area (Å²) in [4.78, 5) is 0. The fourth-order valence-electron chi connectivity index (χ4n) is 2.29. The Morgan fingerprint density at radius 2 is 1.83 bits per heavy atom. The van der Waals surface area contributed by atoms with Crippen molar-refractivity contribution in [2.24, 2.45) is 5.92 Å². The van der Waals surface area contributed by atoms with Crippen LogP contribution in [-0.2, 0) is 18.9 Å². The van der Waals surface area contributed by atoms with Gasteiger partial charge in [-0.3, -0.25) is 0 Å². The minimum atomic E-state index is 0.172. The van der Waals surface area contributed by atoms with E-state index in [1.807, 2.05) is 0 Å². The van der Waals surface area contributed by atoms with Gasteiger partial charge in [0.1, 0.15) is 13.6 Å². The Hall–Kier alpha value is -0.200. The summed E-state index contributed by atoms with van der Waals surface area (Å²) in [7, 11) is 0. The molecule has 3 atom stereocenters. The SMILES string of the molecule is CC(C)CCC(NCC1COCO1)C1COCO1. The van der Waals surface area contributed by atoms with Crippen molar-refractivity contribution in [3.05, 3.63) is 0 Å². The van der Waals surface area contributed by atoms with Gasteiger partial charge in [0.25, 0.3) is 0 Å². The molecule has 2 heterocycles. The molecule has 2 aliphatic heterocycles. The molecule has 2 saturated heterocycles. The number of rotatable bonds is 7. The predicted molar refractivity (Wildman–Crippen MR) is 67.2 cm³/mol. The second kappa shape index (κ2) is 7.40. The van der Waals surface area contributed by atoms with Crippen LogP contribution in [0.5, 0.6) is 0 Å². The summed E-state index contributed by atoms with van der Waals surface area (Å²) in [5, 5.41) is 3.55. The molecule has 0 aromatic carbocycles. The van der Waals surface area contributed by atoms with E-state index in [9.17, 15) is 0 Å². The molecular weight excluding hydrogens is 234 g/mol.